The maximum atomic E-state index is 12.9. The van der Waals surface area contributed by atoms with Crippen molar-refractivity contribution >= 4 is 29.3 Å². The minimum atomic E-state index is -4.60. The van der Waals surface area contributed by atoms with E-state index in [1.807, 2.05) is 6.07 Å². The van der Waals surface area contributed by atoms with Crippen LogP contribution in [0.2, 0.25) is 0 Å². The van der Waals surface area contributed by atoms with Crippen LogP contribution in [-0.4, -0.2) is 39.4 Å². The Labute approximate surface area is 168 Å². The number of nitriles is 1. The highest BCUT2D eigenvalue weighted by Crippen LogP contribution is 2.29. The lowest BCUT2D eigenvalue weighted by molar-refractivity contribution is -0.141. The molecule has 1 fully saturated rings. The van der Waals surface area contributed by atoms with Crippen molar-refractivity contribution in [2.45, 2.75) is 19.1 Å². The lowest BCUT2D eigenvalue weighted by Crippen LogP contribution is -2.44. The number of aromatic nitrogens is 1. The number of aryl methyl sites for hydroxylation is 1. The number of benzene rings is 1. The second-order valence-corrected chi connectivity index (χ2v) is 7.30. The molecule has 29 heavy (non-hydrogen) atoms. The first kappa shape index (κ1) is 20.7. The molecule has 2 aromatic rings. The third-order valence-electron chi connectivity index (χ3n) is 4.33. The number of rotatable bonds is 3. The van der Waals surface area contributed by atoms with Gasteiger partial charge in [0.1, 0.15) is 11.7 Å². The Hall–Kier alpha value is -3.06. The number of pyridine rings is 1. The van der Waals surface area contributed by atoms with E-state index in [0.29, 0.717) is 17.0 Å². The molecule has 0 aliphatic carbocycles. The highest BCUT2D eigenvalue weighted by molar-refractivity contribution is 7.99. The molecule has 0 bridgehead atoms. The average Bonchev–Trinajstić information content (AvgIpc) is 3.17. The third kappa shape index (κ3) is 4.51. The monoisotopic (exact) mass is 420 g/mol. The molecule has 1 aliphatic heterocycles. The smallest absolute Gasteiger partial charge is 0.324 e. The van der Waals surface area contributed by atoms with Crippen LogP contribution < -0.4 is 5.32 Å². The second kappa shape index (κ2) is 8.13. The summed E-state index contributed by atoms with van der Waals surface area (Å²) in [6, 6.07) is 9.32. The van der Waals surface area contributed by atoms with E-state index in [0.717, 1.165) is 12.1 Å². The molecule has 2 heterocycles. The van der Waals surface area contributed by atoms with Gasteiger partial charge in [-0.2, -0.15) is 18.4 Å². The molecule has 1 aromatic carbocycles. The van der Waals surface area contributed by atoms with Crippen molar-refractivity contribution in [1.29, 1.82) is 5.26 Å². The van der Waals surface area contributed by atoms with Gasteiger partial charge in [-0.25, -0.2) is 4.98 Å². The molecule has 1 aliphatic rings. The summed E-state index contributed by atoms with van der Waals surface area (Å²) in [5.74, 6) is -0.356. The van der Waals surface area contributed by atoms with Crippen LogP contribution in [-0.2, 0) is 11.0 Å². The van der Waals surface area contributed by atoms with Gasteiger partial charge in [0.15, 0.2) is 0 Å². The van der Waals surface area contributed by atoms with Crippen LogP contribution in [0.5, 0.6) is 0 Å². The first-order chi connectivity index (χ1) is 13.7. The minimum absolute atomic E-state index is 0.0247. The van der Waals surface area contributed by atoms with Gasteiger partial charge in [0.05, 0.1) is 28.8 Å². The molecule has 10 heteroatoms. The standard InChI is InChI=1S/C19H15F3N4O2S/c1-11-14(6-7-16(24-11)19(20,21)22)18(28)26-10-29-9-15(26)17(27)25-13-4-2-12(8-23)3-5-13/h2-7,15H,9-10H2,1H3,(H,25,27). The topological polar surface area (TPSA) is 86.1 Å². The Balaban J connectivity index is 1.76. The van der Waals surface area contributed by atoms with Crippen LogP contribution in [0.1, 0.15) is 27.3 Å². The Morgan fingerprint density at radius 1 is 1.24 bits per heavy atom. The number of anilines is 1. The summed E-state index contributed by atoms with van der Waals surface area (Å²) >= 11 is 1.37. The van der Waals surface area contributed by atoms with Gasteiger partial charge in [-0.3, -0.25) is 9.59 Å². The van der Waals surface area contributed by atoms with E-state index in [4.69, 9.17) is 5.26 Å². The van der Waals surface area contributed by atoms with E-state index < -0.39 is 29.7 Å². The lowest BCUT2D eigenvalue weighted by Gasteiger charge is -2.24. The van der Waals surface area contributed by atoms with Crippen molar-refractivity contribution in [3.8, 4) is 6.07 Å². The molecule has 1 unspecified atom stereocenters. The summed E-state index contributed by atoms with van der Waals surface area (Å²) in [5.41, 5.74) is -0.172. The van der Waals surface area contributed by atoms with Crippen LogP contribution in [0.4, 0.5) is 18.9 Å². The number of carbonyl (C=O) groups excluding carboxylic acids is 2. The molecule has 0 radical (unpaired) electrons. The predicted octanol–water partition coefficient (Wildman–Crippen LogP) is 3.43. The number of hydrogen-bond donors (Lipinski definition) is 1. The number of hydrogen-bond acceptors (Lipinski definition) is 5. The number of nitrogens with one attached hydrogen (secondary N) is 1. The van der Waals surface area contributed by atoms with Gasteiger partial charge < -0.3 is 10.2 Å². The fourth-order valence-electron chi connectivity index (χ4n) is 2.81. The van der Waals surface area contributed by atoms with Crippen LogP contribution in [0, 0.1) is 18.3 Å². The average molecular weight is 420 g/mol. The van der Waals surface area contributed by atoms with E-state index in [1.165, 1.54) is 23.6 Å². The van der Waals surface area contributed by atoms with Crippen LogP contribution >= 0.6 is 11.8 Å². The fraction of sp³-hybridized carbons (Fsp3) is 0.263. The third-order valence-corrected chi connectivity index (χ3v) is 5.35. The first-order valence-corrected chi connectivity index (χ1v) is 9.61. The van der Waals surface area contributed by atoms with Crippen LogP contribution in [0.25, 0.3) is 0 Å². The van der Waals surface area contributed by atoms with E-state index in [1.54, 1.807) is 24.3 Å². The van der Waals surface area contributed by atoms with E-state index in [2.05, 4.69) is 10.3 Å². The summed E-state index contributed by atoms with van der Waals surface area (Å²) in [6.07, 6.45) is -4.60. The Kier molecular flexibility index (Phi) is 5.79. The summed E-state index contributed by atoms with van der Waals surface area (Å²) in [5, 5.41) is 11.5. The molecule has 0 saturated carbocycles. The summed E-state index contributed by atoms with van der Waals surface area (Å²) < 4.78 is 38.4. The normalized spacial score (nSPS) is 16.4. The van der Waals surface area contributed by atoms with E-state index in [9.17, 15) is 22.8 Å². The van der Waals surface area contributed by atoms with Crippen LogP contribution in [0.15, 0.2) is 36.4 Å². The zero-order valence-corrected chi connectivity index (χ0v) is 16.0. The van der Waals surface area contributed by atoms with Crippen molar-refractivity contribution < 1.29 is 22.8 Å². The van der Waals surface area contributed by atoms with E-state index >= 15 is 0 Å². The zero-order chi connectivity index (χ0) is 21.2. The van der Waals surface area contributed by atoms with Crippen molar-refractivity contribution in [2.75, 3.05) is 16.9 Å². The molecule has 3 rings (SSSR count). The molecule has 2 amide bonds. The number of halogens is 3. The largest absolute Gasteiger partial charge is 0.433 e. The quantitative estimate of drug-likeness (QED) is 0.822. The summed E-state index contributed by atoms with van der Waals surface area (Å²) in [7, 11) is 0. The van der Waals surface area contributed by atoms with Gasteiger partial charge >= 0.3 is 6.18 Å². The van der Waals surface area contributed by atoms with Crippen molar-refractivity contribution in [1.82, 2.24) is 9.88 Å². The van der Waals surface area contributed by atoms with E-state index in [-0.39, 0.29) is 17.1 Å². The SMILES string of the molecule is Cc1nc(C(F)(F)F)ccc1C(=O)N1CSCC1C(=O)Nc1ccc(C#N)cc1. The summed E-state index contributed by atoms with van der Waals surface area (Å²) in [6.45, 7) is 1.33. The first-order valence-electron chi connectivity index (χ1n) is 8.45. The predicted molar refractivity (Wildman–Crippen MR) is 101 cm³/mol. The highest BCUT2D eigenvalue weighted by Gasteiger charge is 2.37. The number of thioether (sulfide) groups is 1. The van der Waals surface area contributed by atoms with Crippen molar-refractivity contribution in [3.63, 3.8) is 0 Å². The molecule has 1 atom stereocenters. The molecule has 0 spiro atoms. The molecule has 1 saturated heterocycles. The zero-order valence-electron chi connectivity index (χ0n) is 15.2. The second-order valence-electron chi connectivity index (χ2n) is 6.30. The molecule has 6 nitrogen and oxygen atoms in total. The molecule has 1 aromatic heterocycles. The Morgan fingerprint density at radius 2 is 1.93 bits per heavy atom. The number of nitrogens with zero attached hydrogens (tertiary/aromatic N) is 3. The van der Waals surface area contributed by atoms with Crippen molar-refractivity contribution in [2.24, 2.45) is 0 Å². The maximum absolute atomic E-state index is 12.9. The highest BCUT2D eigenvalue weighted by atomic mass is 32.2. The van der Waals surface area contributed by atoms with Gasteiger partial charge in [-0.15, -0.1) is 11.8 Å². The maximum Gasteiger partial charge on any atom is 0.433 e. The molecular weight excluding hydrogens is 405 g/mol. The fourth-order valence-corrected chi connectivity index (χ4v) is 3.97. The minimum Gasteiger partial charge on any atom is -0.324 e. The lowest BCUT2D eigenvalue weighted by atomic mass is 10.1. The summed E-state index contributed by atoms with van der Waals surface area (Å²) in [4.78, 5) is 30.3. The molecular formula is C19H15F3N4O2S. The van der Waals surface area contributed by atoms with Crippen LogP contribution in [0.3, 0.4) is 0 Å². The van der Waals surface area contributed by atoms with Gasteiger partial charge in [0.25, 0.3) is 5.91 Å². The number of carbonyl (C=O) groups is 2. The van der Waals surface area contributed by atoms with Gasteiger partial charge in [-0.1, -0.05) is 0 Å². The number of alkyl halides is 3. The van der Waals surface area contributed by atoms with Gasteiger partial charge in [0, 0.05) is 11.4 Å². The Bertz CT molecular complexity index is 986. The molecule has 1 N–H and O–H groups in total. The van der Waals surface area contributed by atoms with Gasteiger partial charge in [-0.05, 0) is 43.3 Å². The Morgan fingerprint density at radius 3 is 2.52 bits per heavy atom. The molecule has 150 valence electrons. The van der Waals surface area contributed by atoms with Crippen molar-refractivity contribution in [3.05, 3.63) is 58.9 Å². The van der Waals surface area contributed by atoms with Gasteiger partial charge in [0.2, 0.25) is 5.91 Å². The number of amides is 2.